The number of ether oxygens (including phenoxy) is 1. The van der Waals surface area contributed by atoms with Crippen LogP contribution in [0.5, 0.6) is 0 Å². The molecule has 1 N–H and O–H groups in total. The molecule has 4 nitrogen and oxygen atoms in total. The molecular weight excluding hydrogens is 353 g/mol. The van der Waals surface area contributed by atoms with E-state index in [0.29, 0.717) is 15.0 Å². The predicted octanol–water partition coefficient (Wildman–Crippen LogP) is 4.76. The molecule has 0 bridgehead atoms. The van der Waals surface area contributed by atoms with Gasteiger partial charge < -0.3 is 9.84 Å². The van der Waals surface area contributed by atoms with Crippen molar-refractivity contribution in [2.24, 2.45) is 4.99 Å². The quantitative estimate of drug-likeness (QED) is 0.359. The van der Waals surface area contributed by atoms with Crippen LogP contribution in [-0.4, -0.2) is 29.9 Å². The number of halogens is 2. The van der Waals surface area contributed by atoms with Gasteiger partial charge in [0.1, 0.15) is 17.1 Å². The smallest absolute Gasteiger partial charge is 0.343 e. The van der Waals surface area contributed by atoms with Crippen molar-refractivity contribution in [1.82, 2.24) is 0 Å². The lowest BCUT2D eigenvalue weighted by atomic mass is 10.2. The van der Waals surface area contributed by atoms with E-state index < -0.39 is 11.8 Å². The largest absolute Gasteiger partial charge is 0.505 e. The highest BCUT2D eigenvalue weighted by Gasteiger charge is 2.24. The molecule has 1 aromatic carbocycles. The lowest BCUT2D eigenvalue weighted by Gasteiger charge is -2.05. The lowest BCUT2D eigenvalue weighted by molar-refractivity contribution is -0.137. The molecule has 2 aromatic rings. The maximum Gasteiger partial charge on any atom is 0.343 e. The molecular formula is C17H15ClFNO3S. The van der Waals surface area contributed by atoms with Gasteiger partial charge in [-0.25, -0.2) is 9.18 Å². The summed E-state index contributed by atoms with van der Waals surface area (Å²) in [4.78, 5) is 16.7. The van der Waals surface area contributed by atoms with Crippen LogP contribution in [0, 0.1) is 5.82 Å². The topological polar surface area (TPSA) is 58.9 Å². The van der Waals surface area contributed by atoms with E-state index in [1.807, 2.05) is 0 Å². The summed E-state index contributed by atoms with van der Waals surface area (Å²) in [5, 5.41) is 11.5. The molecule has 0 aliphatic heterocycles. The number of aliphatic hydroxyl groups excluding tert-OH is 1. The zero-order chi connectivity index (χ0) is 17.3. The average Bonchev–Trinajstić information content (AvgIpc) is 3.31. The van der Waals surface area contributed by atoms with Crippen LogP contribution in [0.15, 0.2) is 28.8 Å². The van der Waals surface area contributed by atoms with Crippen LogP contribution < -0.4 is 0 Å². The predicted molar refractivity (Wildman–Crippen MR) is 94.5 cm³/mol. The van der Waals surface area contributed by atoms with E-state index in [-0.39, 0.29) is 29.0 Å². The number of carbonyl (C=O) groups excluding carboxylic acids is 1. The molecule has 7 heteroatoms. The molecule has 126 valence electrons. The van der Waals surface area contributed by atoms with Crippen LogP contribution in [-0.2, 0) is 9.53 Å². The number of aliphatic imine (C=N–C) groups is 1. The van der Waals surface area contributed by atoms with Crippen LogP contribution >= 0.6 is 22.9 Å². The van der Waals surface area contributed by atoms with E-state index in [1.54, 1.807) is 13.0 Å². The number of thiophene rings is 1. The van der Waals surface area contributed by atoms with Crippen molar-refractivity contribution in [3.05, 3.63) is 39.5 Å². The van der Waals surface area contributed by atoms with Gasteiger partial charge in [0.25, 0.3) is 0 Å². The minimum atomic E-state index is -0.667. The first kappa shape index (κ1) is 16.9. The number of hydrogen-bond acceptors (Lipinski definition) is 5. The molecule has 0 spiro atoms. The Balaban J connectivity index is 2.09. The fraction of sp³-hybridized carbons (Fsp3) is 0.294. The Kier molecular flexibility index (Phi) is 4.87. The van der Waals surface area contributed by atoms with Crippen LogP contribution in [0.2, 0.25) is 5.02 Å². The van der Waals surface area contributed by atoms with E-state index in [2.05, 4.69) is 4.99 Å². The molecule has 0 amide bonds. The summed E-state index contributed by atoms with van der Waals surface area (Å²) < 4.78 is 18.9. The third-order valence-corrected chi connectivity index (χ3v) is 5.18. The van der Waals surface area contributed by atoms with Crippen molar-refractivity contribution in [3.63, 3.8) is 0 Å². The molecule has 24 heavy (non-hydrogen) atoms. The number of carbonyl (C=O) groups is 1. The van der Waals surface area contributed by atoms with Crippen LogP contribution in [0.4, 0.5) is 4.39 Å². The highest BCUT2D eigenvalue weighted by molar-refractivity contribution is 7.20. The third kappa shape index (κ3) is 3.44. The van der Waals surface area contributed by atoms with Gasteiger partial charge in [0, 0.05) is 16.3 Å². The Morgan fingerprint density at radius 1 is 1.54 bits per heavy atom. The van der Waals surface area contributed by atoms with Gasteiger partial charge in [-0.15, -0.1) is 11.3 Å². The second kappa shape index (κ2) is 6.91. The van der Waals surface area contributed by atoms with Crippen molar-refractivity contribution in [1.29, 1.82) is 0 Å². The van der Waals surface area contributed by atoms with Gasteiger partial charge in [-0.1, -0.05) is 11.6 Å². The van der Waals surface area contributed by atoms with E-state index in [1.165, 1.54) is 18.3 Å². The minimum Gasteiger partial charge on any atom is -0.505 e. The molecule has 0 radical (unpaired) electrons. The second-order valence-electron chi connectivity index (χ2n) is 5.38. The summed E-state index contributed by atoms with van der Waals surface area (Å²) in [6.07, 6.45) is 3.28. The Bertz CT molecular complexity index is 855. The number of aliphatic hydroxyl groups is 1. The molecule has 3 rings (SSSR count). The maximum absolute atomic E-state index is 13.4. The second-order valence-corrected chi connectivity index (χ2v) is 6.81. The Morgan fingerprint density at radius 2 is 2.29 bits per heavy atom. The zero-order valence-electron chi connectivity index (χ0n) is 12.9. The van der Waals surface area contributed by atoms with Gasteiger partial charge in [0.05, 0.1) is 22.5 Å². The van der Waals surface area contributed by atoms with Crippen molar-refractivity contribution in [2.75, 3.05) is 6.61 Å². The monoisotopic (exact) mass is 367 g/mol. The fourth-order valence-corrected chi connectivity index (χ4v) is 3.64. The number of nitrogens with zero attached hydrogens (tertiary/aromatic N) is 1. The van der Waals surface area contributed by atoms with Crippen molar-refractivity contribution < 1.29 is 19.0 Å². The molecule has 1 fully saturated rings. The summed E-state index contributed by atoms with van der Waals surface area (Å²) in [6.45, 7) is 1.86. The highest BCUT2D eigenvalue weighted by atomic mass is 35.5. The summed E-state index contributed by atoms with van der Waals surface area (Å²) in [7, 11) is 0. The summed E-state index contributed by atoms with van der Waals surface area (Å²) in [6, 6.07) is 4.37. The van der Waals surface area contributed by atoms with Crippen molar-refractivity contribution in [3.8, 4) is 0 Å². The third-order valence-electron chi connectivity index (χ3n) is 3.52. The van der Waals surface area contributed by atoms with Gasteiger partial charge >= 0.3 is 5.97 Å². The molecule has 1 heterocycles. The Hall–Kier alpha value is -1.92. The first-order valence-corrected chi connectivity index (χ1v) is 8.72. The number of esters is 1. The zero-order valence-corrected chi connectivity index (χ0v) is 14.5. The molecule has 0 atom stereocenters. The van der Waals surface area contributed by atoms with Gasteiger partial charge in [-0.05, 0) is 38.0 Å². The standard InChI is InChI=1S/C17H15ClFNO3S/c1-2-23-17(22)12(8-20-10-4-5-10)15(21)16-14(18)11-6-3-9(19)7-13(11)24-16/h3,6-8,10,21H,2,4-5H2,1H3/b15-12-,20-8?. The highest BCUT2D eigenvalue weighted by Crippen LogP contribution is 2.39. The number of fused-ring (bicyclic) bond motifs is 1. The normalized spacial score (nSPS) is 15.8. The van der Waals surface area contributed by atoms with Gasteiger partial charge in [0.15, 0.2) is 0 Å². The first-order chi connectivity index (χ1) is 11.5. The number of rotatable bonds is 5. The van der Waals surface area contributed by atoms with E-state index in [4.69, 9.17) is 16.3 Å². The van der Waals surface area contributed by atoms with Crippen molar-refractivity contribution in [2.45, 2.75) is 25.8 Å². The SMILES string of the molecule is CCOC(=O)/C(C=NC1CC1)=C(\O)c1sc2cc(F)ccc2c1Cl. The Morgan fingerprint density at radius 3 is 2.96 bits per heavy atom. The molecule has 1 aliphatic rings. The molecule has 1 aromatic heterocycles. The van der Waals surface area contributed by atoms with E-state index >= 15 is 0 Å². The number of hydrogen-bond donors (Lipinski definition) is 1. The molecule has 0 saturated heterocycles. The van der Waals surface area contributed by atoms with Crippen LogP contribution in [0.1, 0.15) is 24.6 Å². The van der Waals surface area contributed by atoms with Gasteiger partial charge in [-0.3, -0.25) is 4.99 Å². The minimum absolute atomic E-state index is 0.0438. The van der Waals surface area contributed by atoms with Gasteiger partial charge in [0.2, 0.25) is 0 Å². The molecule has 1 saturated carbocycles. The molecule has 1 aliphatic carbocycles. The summed E-state index contributed by atoms with van der Waals surface area (Å²) >= 11 is 7.41. The average molecular weight is 368 g/mol. The van der Waals surface area contributed by atoms with E-state index in [9.17, 15) is 14.3 Å². The lowest BCUT2D eigenvalue weighted by Crippen LogP contribution is -2.11. The van der Waals surface area contributed by atoms with Crippen molar-refractivity contribution >= 4 is 51.0 Å². The maximum atomic E-state index is 13.4. The van der Waals surface area contributed by atoms with Gasteiger partial charge in [-0.2, -0.15) is 0 Å². The first-order valence-electron chi connectivity index (χ1n) is 7.52. The Labute approximate surface area is 147 Å². The summed E-state index contributed by atoms with van der Waals surface area (Å²) in [5.41, 5.74) is -0.0438. The summed E-state index contributed by atoms with van der Waals surface area (Å²) in [5.74, 6) is -1.36. The van der Waals surface area contributed by atoms with Crippen LogP contribution in [0.25, 0.3) is 15.8 Å². The van der Waals surface area contributed by atoms with E-state index in [0.717, 1.165) is 24.2 Å². The number of benzene rings is 1. The van der Waals surface area contributed by atoms with Crippen LogP contribution in [0.3, 0.4) is 0 Å². The molecule has 0 unspecified atom stereocenters. The fourth-order valence-electron chi connectivity index (χ4n) is 2.14.